The first-order chi connectivity index (χ1) is 7.61. The summed E-state index contributed by atoms with van der Waals surface area (Å²) in [6.45, 7) is 5.09. The van der Waals surface area contributed by atoms with E-state index in [4.69, 9.17) is 0 Å². The minimum absolute atomic E-state index is 0.00875. The van der Waals surface area contributed by atoms with Crippen molar-refractivity contribution in [3.63, 3.8) is 0 Å². The predicted molar refractivity (Wildman–Crippen MR) is 60.7 cm³/mol. The van der Waals surface area contributed by atoms with E-state index >= 15 is 0 Å². The third-order valence-electron chi connectivity index (χ3n) is 3.62. The molecule has 2 rings (SSSR count). The van der Waals surface area contributed by atoms with Crippen molar-refractivity contribution in [3.05, 3.63) is 0 Å². The lowest BCUT2D eigenvalue weighted by atomic mass is 9.96. The van der Waals surface area contributed by atoms with Gasteiger partial charge in [0.15, 0.2) is 0 Å². The van der Waals surface area contributed by atoms with E-state index in [1.54, 1.807) is 4.90 Å². The number of carbonyl (C=O) groups excluding carboxylic acids is 2. The summed E-state index contributed by atoms with van der Waals surface area (Å²) in [7, 11) is 0. The van der Waals surface area contributed by atoms with Gasteiger partial charge in [0.05, 0.1) is 6.54 Å². The van der Waals surface area contributed by atoms with Crippen molar-refractivity contribution in [2.75, 3.05) is 13.1 Å². The molecule has 2 fully saturated rings. The zero-order chi connectivity index (χ0) is 11.7. The molecule has 4 heteroatoms. The normalized spacial score (nSPS) is 27.9. The molecule has 0 aromatic heterocycles. The highest BCUT2D eigenvalue weighted by molar-refractivity contribution is 5.95. The van der Waals surface area contributed by atoms with Crippen LogP contribution in [0.1, 0.15) is 33.1 Å². The van der Waals surface area contributed by atoms with Crippen LogP contribution in [0.25, 0.3) is 0 Å². The van der Waals surface area contributed by atoms with E-state index in [-0.39, 0.29) is 30.3 Å². The van der Waals surface area contributed by atoms with Gasteiger partial charge in [-0.15, -0.1) is 0 Å². The number of amides is 2. The smallest absolute Gasteiger partial charge is 0.245 e. The van der Waals surface area contributed by atoms with Gasteiger partial charge in [-0.3, -0.25) is 9.59 Å². The molecule has 0 aromatic rings. The Morgan fingerprint density at radius 2 is 2.12 bits per heavy atom. The van der Waals surface area contributed by atoms with Gasteiger partial charge >= 0.3 is 0 Å². The number of hydrogen-bond acceptors (Lipinski definition) is 2. The summed E-state index contributed by atoms with van der Waals surface area (Å²) in [5.74, 6) is 0.970. The van der Waals surface area contributed by atoms with Gasteiger partial charge in [0, 0.05) is 6.54 Å². The summed E-state index contributed by atoms with van der Waals surface area (Å²) in [4.78, 5) is 25.4. The highest BCUT2D eigenvalue weighted by atomic mass is 16.2. The third kappa shape index (κ3) is 2.36. The highest BCUT2D eigenvalue weighted by Gasteiger charge is 2.37. The van der Waals surface area contributed by atoms with E-state index in [1.165, 1.54) is 12.8 Å². The van der Waals surface area contributed by atoms with Crippen molar-refractivity contribution in [1.29, 1.82) is 0 Å². The summed E-state index contributed by atoms with van der Waals surface area (Å²) in [5.41, 5.74) is 0. The van der Waals surface area contributed by atoms with Crippen LogP contribution in [0.3, 0.4) is 0 Å². The molecule has 2 atom stereocenters. The molecule has 16 heavy (non-hydrogen) atoms. The lowest BCUT2D eigenvalue weighted by molar-refractivity contribution is -0.146. The van der Waals surface area contributed by atoms with Crippen molar-refractivity contribution in [2.24, 2.45) is 11.8 Å². The Balaban J connectivity index is 2.02. The van der Waals surface area contributed by atoms with Crippen LogP contribution in [-0.4, -0.2) is 35.8 Å². The molecular weight excluding hydrogens is 204 g/mol. The fraction of sp³-hybridized carbons (Fsp3) is 0.833. The topological polar surface area (TPSA) is 49.4 Å². The van der Waals surface area contributed by atoms with Gasteiger partial charge in [-0.1, -0.05) is 20.3 Å². The van der Waals surface area contributed by atoms with Crippen LogP contribution in [-0.2, 0) is 9.59 Å². The maximum atomic E-state index is 12.1. The Morgan fingerprint density at radius 1 is 1.44 bits per heavy atom. The molecule has 1 N–H and O–H groups in total. The van der Waals surface area contributed by atoms with Crippen molar-refractivity contribution >= 4 is 11.8 Å². The zero-order valence-electron chi connectivity index (χ0n) is 10.0. The number of piperazine rings is 1. The standard InChI is InChI=1S/C12H20N2O2/c1-3-8(2)11-12(16)14(6-9-4-5-9)7-10(15)13-11/h8-9,11H,3-7H2,1-2H3,(H,13,15). The Hall–Kier alpha value is -1.06. The van der Waals surface area contributed by atoms with E-state index < -0.39 is 0 Å². The molecule has 1 aliphatic heterocycles. The van der Waals surface area contributed by atoms with Crippen LogP contribution in [0.2, 0.25) is 0 Å². The first-order valence-electron chi connectivity index (χ1n) is 6.20. The van der Waals surface area contributed by atoms with Gasteiger partial charge in [-0.2, -0.15) is 0 Å². The molecule has 1 saturated heterocycles. The van der Waals surface area contributed by atoms with Crippen LogP contribution in [0, 0.1) is 11.8 Å². The summed E-state index contributed by atoms with van der Waals surface area (Å²) in [6.07, 6.45) is 3.33. The van der Waals surface area contributed by atoms with Crippen molar-refractivity contribution in [3.8, 4) is 0 Å². The predicted octanol–water partition coefficient (Wildman–Crippen LogP) is 0.769. The van der Waals surface area contributed by atoms with Gasteiger partial charge in [-0.05, 0) is 24.7 Å². The lowest BCUT2D eigenvalue weighted by Crippen LogP contribution is -2.60. The maximum Gasteiger partial charge on any atom is 0.245 e. The molecule has 0 aromatic carbocycles. The molecule has 1 saturated carbocycles. The quantitative estimate of drug-likeness (QED) is 0.766. The fourth-order valence-electron chi connectivity index (χ4n) is 2.12. The van der Waals surface area contributed by atoms with Crippen LogP contribution in [0.4, 0.5) is 0 Å². The molecule has 0 radical (unpaired) electrons. The second kappa shape index (κ2) is 4.44. The van der Waals surface area contributed by atoms with Crippen molar-refractivity contribution in [1.82, 2.24) is 10.2 Å². The average molecular weight is 224 g/mol. The molecular formula is C12H20N2O2. The van der Waals surface area contributed by atoms with Gasteiger partial charge < -0.3 is 10.2 Å². The van der Waals surface area contributed by atoms with Crippen LogP contribution >= 0.6 is 0 Å². The summed E-state index contributed by atoms with van der Waals surface area (Å²) >= 11 is 0. The van der Waals surface area contributed by atoms with Crippen LogP contribution in [0.5, 0.6) is 0 Å². The monoisotopic (exact) mass is 224 g/mol. The van der Waals surface area contributed by atoms with Gasteiger partial charge in [0.2, 0.25) is 11.8 Å². The van der Waals surface area contributed by atoms with E-state index in [9.17, 15) is 9.59 Å². The Bertz CT molecular complexity index is 299. The van der Waals surface area contributed by atoms with Crippen molar-refractivity contribution < 1.29 is 9.59 Å². The second-order valence-electron chi connectivity index (χ2n) is 5.09. The van der Waals surface area contributed by atoms with E-state index in [1.807, 2.05) is 13.8 Å². The molecule has 2 amide bonds. The molecule has 1 aliphatic carbocycles. The number of rotatable bonds is 4. The average Bonchev–Trinajstić information content (AvgIpc) is 3.05. The minimum atomic E-state index is -0.301. The van der Waals surface area contributed by atoms with Gasteiger partial charge in [0.1, 0.15) is 6.04 Å². The zero-order valence-corrected chi connectivity index (χ0v) is 10.0. The molecule has 1 heterocycles. The van der Waals surface area contributed by atoms with E-state index in [0.717, 1.165) is 13.0 Å². The Morgan fingerprint density at radius 3 is 2.69 bits per heavy atom. The van der Waals surface area contributed by atoms with Gasteiger partial charge in [0.25, 0.3) is 0 Å². The largest absolute Gasteiger partial charge is 0.342 e. The Labute approximate surface area is 96.4 Å². The highest BCUT2D eigenvalue weighted by Crippen LogP contribution is 2.30. The number of nitrogens with one attached hydrogen (secondary N) is 1. The molecule has 0 spiro atoms. The maximum absolute atomic E-state index is 12.1. The molecule has 0 bridgehead atoms. The fourth-order valence-corrected chi connectivity index (χ4v) is 2.12. The third-order valence-corrected chi connectivity index (χ3v) is 3.62. The molecule has 90 valence electrons. The Kier molecular flexibility index (Phi) is 3.17. The molecule has 2 aliphatic rings. The number of nitrogens with zero attached hydrogens (tertiary/aromatic N) is 1. The van der Waals surface area contributed by atoms with E-state index in [0.29, 0.717) is 5.92 Å². The first-order valence-corrected chi connectivity index (χ1v) is 6.20. The SMILES string of the molecule is CCC(C)C1NC(=O)CN(CC2CC2)C1=O. The second-order valence-corrected chi connectivity index (χ2v) is 5.09. The van der Waals surface area contributed by atoms with Crippen LogP contribution in [0.15, 0.2) is 0 Å². The van der Waals surface area contributed by atoms with E-state index in [2.05, 4.69) is 5.32 Å². The lowest BCUT2D eigenvalue weighted by Gasteiger charge is -2.35. The van der Waals surface area contributed by atoms with Crippen LogP contribution < -0.4 is 5.32 Å². The van der Waals surface area contributed by atoms with Crippen molar-refractivity contribution in [2.45, 2.75) is 39.2 Å². The number of carbonyl (C=O) groups is 2. The number of hydrogen-bond donors (Lipinski definition) is 1. The first kappa shape index (κ1) is 11.4. The molecule has 4 nitrogen and oxygen atoms in total. The summed E-state index contributed by atoms with van der Waals surface area (Å²) < 4.78 is 0. The minimum Gasteiger partial charge on any atom is -0.342 e. The summed E-state index contributed by atoms with van der Waals surface area (Å²) in [5, 5.41) is 2.81. The van der Waals surface area contributed by atoms with Gasteiger partial charge in [-0.25, -0.2) is 0 Å². The molecule has 2 unspecified atom stereocenters. The summed E-state index contributed by atoms with van der Waals surface area (Å²) in [6, 6.07) is -0.301.